The molecular weight excluding hydrogens is 599 g/mol. The number of aryl methyl sites for hydroxylation is 2. The molecule has 1 aliphatic rings. The summed E-state index contributed by atoms with van der Waals surface area (Å²) in [5.74, 6) is -0.315. The minimum absolute atomic E-state index is 0.0296. The first-order valence-corrected chi connectivity index (χ1v) is 15.5. The number of nitrogens with zero attached hydrogens (tertiary/aromatic N) is 3. The number of fused-ring (bicyclic) bond motifs is 1. The monoisotopic (exact) mass is 628 g/mol. The molecule has 0 saturated carbocycles. The van der Waals surface area contributed by atoms with E-state index < -0.39 is 10.8 Å². The summed E-state index contributed by atoms with van der Waals surface area (Å²) in [4.78, 5) is 35.9. The van der Waals surface area contributed by atoms with Crippen LogP contribution in [-0.4, -0.2) is 31.0 Å². The Hall–Kier alpha value is -3.78. The van der Waals surface area contributed by atoms with Gasteiger partial charge in [-0.15, -0.1) is 11.8 Å². The molecule has 0 unspecified atom stereocenters. The maximum absolute atomic E-state index is 14.6. The number of amides is 2. The number of rotatable bonds is 8. The first-order valence-electron chi connectivity index (χ1n) is 14.0. The zero-order valence-electron chi connectivity index (χ0n) is 23.8. The number of benzene rings is 3. The summed E-state index contributed by atoms with van der Waals surface area (Å²) in [7, 11) is 1.96. The van der Waals surface area contributed by atoms with Gasteiger partial charge in [0.05, 0.1) is 24.7 Å². The molecule has 6 rings (SSSR count). The van der Waals surface area contributed by atoms with E-state index in [0.717, 1.165) is 38.2 Å². The fourth-order valence-corrected chi connectivity index (χ4v) is 7.50. The molecule has 0 bridgehead atoms. The molecule has 2 aromatic heterocycles. The van der Waals surface area contributed by atoms with Crippen LogP contribution in [0.2, 0.25) is 10.0 Å². The highest BCUT2D eigenvalue weighted by Crippen LogP contribution is 2.54. The summed E-state index contributed by atoms with van der Waals surface area (Å²) in [6, 6.07) is 26.3. The second kappa shape index (κ2) is 12.1. The lowest BCUT2D eigenvalue weighted by Gasteiger charge is -2.36. The van der Waals surface area contributed by atoms with Gasteiger partial charge >= 0.3 is 0 Å². The molecule has 1 fully saturated rings. The van der Waals surface area contributed by atoms with Crippen LogP contribution in [0.5, 0.6) is 0 Å². The molecule has 6 nitrogen and oxygen atoms in total. The molecule has 3 heterocycles. The molecule has 2 atom stereocenters. The van der Waals surface area contributed by atoms with Crippen LogP contribution >= 0.6 is 35.0 Å². The number of aromatic nitrogens is 2. The fraction of sp³-hybridized carbons (Fsp3) is 0.206. The average Bonchev–Trinajstić information content (AvgIpc) is 3.47. The lowest BCUT2D eigenvalue weighted by molar-refractivity contribution is -0.129. The number of pyridine rings is 1. The fourth-order valence-electron chi connectivity index (χ4n) is 5.79. The van der Waals surface area contributed by atoms with E-state index in [4.69, 9.17) is 23.2 Å². The third kappa shape index (κ3) is 5.90. The summed E-state index contributed by atoms with van der Waals surface area (Å²) >= 11 is 14.0. The number of nitrogens with one attached hydrogen (secondary N) is 1. The Bertz CT molecular complexity index is 1790. The van der Waals surface area contributed by atoms with Crippen LogP contribution in [0, 0.1) is 6.92 Å². The number of likely N-dealkylation sites (tertiary alicyclic amines) is 1. The van der Waals surface area contributed by atoms with Crippen molar-refractivity contribution in [2.75, 3.05) is 0 Å². The van der Waals surface area contributed by atoms with Crippen molar-refractivity contribution in [2.45, 2.75) is 42.1 Å². The van der Waals surface area contributed by atoms with E-state index in [1.165, 1.54) is 11.8 Å². The summed E-state index contributed by atoms with van der Waals surface area (Å²) in [6.45, 7) is 2.61. The highest BCUT2D eigenvalue weighted by Gasteiger charge is 2.58. The predicted molar refractivity (Wildman–Crippen MR) is 173 cm³/mol. The lowest BCUT2D eigenvalue weighted by atomic mass is 9.91. The Morgan fingerprint density at radius 1 is 1.02 bits per heavy atom. The van der Waals surface area contributed by atoms with Gasteiger partial charge in [-0.2, -0.15) is 0 Å². The van der Waals surface area contributed by atoms with Gasteiger partial charge in [0.2, 0.25) is 11.8 Å². The second-order valence-corrected chi connectivity index (χ2v) is 13.2. The largest absolute Gasteiger partial charge is 0.350 e. The third-order valence-corrected chi connectivity index (χ3v) is 9.81. The normalized spacial score (nSPS) is 18.4. The molecule has 1 saturated heterocycles. The van der Waals surface area contributed by atoms with Gasteiger partial charge < -0.3 is 14.8 Å². The predicted octanol–water partition coefficient (Wildman–Crippen LogP) is 7.51. The minimum atomic E-state index is -1.18. The Morgan fingerprint density at radius 2 is 1.77 bits per heavy atom. The first-order chi connectivity index (χ1) is 20.7. The molecular formula is C34H30Cl2N4O2S. The van der Waals surface area contributed by atoms with Crippen LogP contribution in [-0.2, 0) is 29.7 Å². The zero-order valence-corrected chi connectivity index (χ0v) is 26.1. The average molecular weight is 630 g/mol. The number of hydrogen-bond donors (Lipinski definition) is 1. The van der Waals surface area contributed by atoms with Gasteiger partial charge in [-0.25, -0.2) is 0 Å². The molecule has 0 aliphatic carbocycles. The van der Waals surface area contributed by atoms with Crippen LogP contribution in [0.4, 0.5) is 0 Å². The molecule has 5 aromatic rings. The van der Waals surface area contributed by atoms with Gasteiger partial charge in [0.25, 0.3) is 0 Å². The summed E-state index contributed by atoms with van der Waals surface area (Å²) in [5.41, 5.74) is 4.60. The molecule has 0 radical (unpaired) electrons. The van der Waals surface area contributed by atoms with E-state index in [2.05, 4.69) is 10.3 Å². The maximum atomic E-state index is 14.6. The van der Waals surface area contributed by atoms with Crippen LogP contribution in [0.15, 0.2) is 102 Å². The summed E-state index contributed by atoms with van der Waals surface area (Å²) in [5, 5.41) is 5.33. The van der Waals surface area contributed by atoms with Crippen molar-refractivity contribution in [3.05, 3.63) is 130 Å². The number of halogens is 2. The second-order valence-electron chi connectivity index (χ2n) is 10.9. The number of thioether (sulfide) groups is 1. The van der Waals surface area contributed by atoms with E-state index >= 15 is 0 Å². The van der Waals surface area contributed by atoms with Gasteiger partial charge in [-0.1, -0.05) is 65.2 Å². The zero-order chi connectivity index (χ0) is 30.1. The van der Waals surface area contributed by atoms with Crippen LogP contribution in [0.1, 0.15) is 34.8 Å². The van der Waals surface area contributed by atoms with Crippen LogP contribution in [0.25, 0.3) is 10.9 Å². The van der Waals surface area contributed by atoms with E-state index in [1.807, 2.05) is 115 Å². The molecule has 43 heavy (non-hydrogen) atoms. The quantitative estimate of drug-likeness (QED) is 0.193. The lowest BCUT2D eigenvalue weighted by Crippen LogP contribution is -2.48. The highest BCUT2D eigenvalue weighted by atomic mass is 35.5. The van der Waals surface area contributed by atoms with E-state index in [-0.39, 0.29) is 24.8 Å². The maximum Gasteiger partial charge on any atom is 0.239 e. The van der Waals surface area contributed by atoms with Gasteiger partial charge in [0.15, 0.2) is 0 Å². The van der Waals surface area contributed by atoms with Crippen molar-refractivity contribution in [3.63, 3.8) is 0 Å². The topological polar surface area (TPSA) is 67.2 Å². The summed E-state index contributed by atoms with van der Waals surface area (Å²) < 4.78 is 0.828. The van der Waals surface area contributed by atoms with Gasteiger partial charge in [-0.3, -0.25) is 14.6 Å². The van der Waals surface area contributed by atoms with Gasteiger partial charge in [0, 0.05) is 57.4 Å². The van der Waals surface area contributed by atoms with E-state index in [9.17, 15) is 9.59 Å². The van der Waals surface area contributed by atoms with Crippen molar-refractivity contribution in [1.82, 2.24) is 19.8 Å². The molecule has 1 N–H and O–H groups in total. The molecule has 9 heteroatoms. The van der Waals surface area contributed by atoms with Gasteiger partial charge in [-0.05, 0) is 61.0 Å². The molecule has 0 spiro atoms. The minimum Gasteiger partial charge on any atom is -0.350 e. The number of carbonyl (C=O) groups is 2. The Labute approximate surface area is 265 Å². The van der Waals surface area contributed by atoms with Crippen molar-refractivity contribution in [3.8, 4) is 0 Å². The molecule has 3 aromatic carbocycles. The Balaban J connectivity index is 1.51. The molecule has 218 valence electrons. The Morgan fingerprint density at radius 3 is 2.49 bits per heavy atom. The highest BCUT2D eigenvalue weighted by molar-refractivity contribution is 8.01. The van der Waals surface area contributed by atoms with Crippen molar-refractivity contribution in [1.29, 1.82) is 0 Å². The van der Waals surface area contributed by atoms with Crippen LogP contribution < -0.4 is 5.32 Å². The smallest absolute Gasteiger partial charge is 0.239 e. The SMILES string of the molecule is Cc1ccc(S[C@@]2(C(=O)NCc3ccccn3)CC(=O)N(Cc3ccc(Cl)cc3)[C@@H]2c2cn(C)c3cc(Cl)ccc23)cc1. The van der Waals surface area contributed by atoms with Gasteiger partial charge in [0.1, 0.15) is 4.75 Å². The van der Waals surface area contributed by atoms with E-state index in [1.54, 1.807) is 6.20 Å². The van der Waals surface area contributed by atoms with Crippen molar-refractivity contribution in [2.24, 2.45) is 7.05 Å². The molecule has 1 aliphatic heterocycles. The summed E-state index contributed by atoms with van der Waals surface area (Å²) in [6.07, 6.45) is 3.76. The standard InChI is InChI=1S/C34H30Cl2N4O2S/c1-22-6-13-27(14-7-22)43-34(33(42)38-19-26-5-3-4-16-37-26)18-31(41)40(20-23-8-10-24(35)11-9-23)32(34)29-21-39(2)30-17-25(36)12-15-28(29)30/h3-17,21,32H,18-20H2,1-2H3,(H,38,42)/t32-,34+/m1/s1. The Kier molecular flexibility index (Phi) is 8.23. The number of hydrogen-bond acceptors (Lipinski definition) is 4. The number of carbonyl (C=O) groups excluding carboxylic acids is 2. The third-order valence-electron chi connectivity index (χ3n) is 7.89. The first kappa shape index (κ1) is 29.3. The van der Waals surface area contributed by atoms with E-state index in [0.29, 0.717) is 16.6 Å². The molecule has 2 amide bonds. The van der Waals surface area contributed by atoms with Crippen molar-refractivity contribution >= 4 is 57.7 Å². The van der Waals surface area contributed by atoms with Crippen LogP contribution in [0.3, 0.4) is 0 Å². The van der Waals surface area contributed by atoms with Crippen molar-refractivity contribution < 1.29 is 9.59 Å².